The van der Waals surface area contributed by atoms with Crippen molar-refractivity contribution in [3.63, 3.8) is 0 Å². The van der Waals surface area contributed by atoms with E-state index in [2.05, 4.69) is 16.5 Å². The van der Waals surface area contributed by atoms with E-state index in [9.17, 15) is 4.79 Å². The molecule has 4 heteroatoms. The first-order chi connectivity index (χ1) is 4.74. The van der Waals surface area contributed by atoms with Crippen molar-refractivity contribution in [3.05, 3.63) is 28.8 Å². The molecule has 0 amide bonds. The third-order valence-corrected chi connectivity index (χ3v) is 1.09. The van der Waals surface area contributed by atoms with Gasteiger partial charge < -0.3 is 5.73 Å². The number of rotatable bonds is 1. The minimum absolute atomic E-state index is 0.301. The lowest BCUT2D eigenvalue weighted by molar-refractivity contribution is 1.08. The van der Waals surface area contributed by atoms with Gasteiger partial charge in [0.15, 0.2) is 0 Å². The summed E-state index contributed by atoms with van der Waals surface area (Å²) in [6.07, 6.45) is 2.90. The van der Waals surface area contributed by atoms with Crippen LogP contribution in [0.25, 0.3) is 6.08 Å². The standard InChI is InChI=1S/C6H7N3O/c1-2-4-3-8-6(10)9-5(4)7/h2-3H,1H2,(H3,7,8,9,10). The van der Waals surface area contributed by atoms with Crippen LogP contribution in [0.1, 0.15) is 5.56 Å². The molecule has 0 bridgehead atoms. The van der Waals surface area contributed by atoms with E-state index in [1.807, 2.05) is 0 Å². The van der Waals surface area contributed by atoms with E-state index in [0.29, 0.717) is 11.4 Å². The van der Waals surface area contributed by atoms with E-state index in [4.69, 9.17) is 5.73 Å². The fourth-order valence-electron chi connectivity index (χ4n) is 0.580. The zero-order valence-corrected chi connectivity index (χ0v) is 5.29. The molecular weight excluding hydrogens is 130 g/mol. The summed E-state index contributed by atoms with van der Waals surface area (Å²) < 4.78 is 0. The summed E-state index contributed by atoms with van der Waals surface area (Å²) in [5.41, 5.74) is 5.56. The predicted octanol–water partition coefficient (Wildman–Crippen LogP) is -0.00490. The minimum atomic E-state index is -0.442. The molecule has 0 aliphatic carbocycles. The van der Waals surface area contributed by atoms with Gasteiger partial charge in [-0.2, -0.15) is 0 Å². The Balaban J connectivity index is 3.32. The molecular formula is C6H7N3O. The first-order valence-electron chi connectivity index (χ1n) is 2.71. The third-order valence-electron chi connectivity index (χ3n) is 1.09. The van der Waals surface area contributed by atoms with Gasteiger partial charge in [-0.3, -0.25) is 4.98 Å². The summed E-state index contributed by atoms with van der Waals surface area (Å²) >= 11 is 0. The van der Waals surface area contributed by atoms with E-state index < -0.39 is 5.69 Å². The van der Waals surface area contributed by atoms with Gasteiger partial charge in [0.2, 0.25) is 0 Å². The van der Waals surface area contributed by atoms with E-state index in [1.165, 1.54) is 12.3 Å². The van der Waals surface area contributed by atoms with Crippen molar-refractivity contribution < 1.29 is 0 Å². The van der Waals surface area contributed by atoms with Crippen molar-refractivity contribution in [1.29, 1.82) is 0 Å². The summed E-state index contributed by atoms with van der Waals surface area (Å²) in [7, 11) is 0. The summed E-state index contributed by atoms with van der Waals surface area (Å²) in [6.45, 7) is 3.48. The average Bonchev–Trinajstić information content (AvgIpc) is 1.88. The summed E-state index contributed by atoms with van der Waals surface area (Å²) in [6, 6.07) is 0. The lowest BCUT2D eigenvalue weighted by atomic mass is 10.3. The lowest BCUT2D eigenvalue weighted by Gasteiger charge is -1.94. The third kappa shape index (κ3) is 1.05. The predicted molar refractivity (Wildman–Crippen MR) is 39.4 cm³/mol. The number of hydrogen-bond acceptors (Lipinski definition) is 3. The van der Waals surface area contributed by atoms with Gasteiger partial charge in [-0.25, -0.2) is 9.78 Å². The molecule has 0 radical (unpaired) electrons. The normalized spacial score (nSPS) is 9.20. The van der Waals surface area contributed by atoms with Crippen molar-refractivity contribution in [2.75, 3.05) is 5.73 Å². The van der Waals surface area contributed by atoms with Crippen LogP contribution in [-0.4, -0.2) is 9.97 Å². The minimum Gasteiger partial charge on any atom is -0.385 e. The van der Waals surface area contributed by atoms with Crippen LogP contribution in [0.5, 0.6) is 0 Å². The van der Waals surface area contributed by atoms with Crippen LogP contribution < -0.4 is 11.4 Å². The molecule has 0 fully saturated rings. The fraction of sp³-hybridized carbons (Fsp3) is 0. The van der Waals surface area contributed by atoms with Crippen LogP contribution in [0, 0.1) is 0 Å². The molecule has 0 saturated carbocycles. The average molecular weight is 137 g/mol. The highest BCUT2D eigenvalue weighted by Crippen LogP contribution is 2.02. The Kier molecular flexibility index (Phi) is 1.53. The van der Waals surface area contributed by atoms with E-state index in [1.54, 1.807) is 0 Å². The topological polar surface area (TPSA) is 71.8 Å². The molecule has 0 aromatic carbocycles. The highest BCUT2D eigenvalue weighted by atomic mass is 16.1. The maximum absolute atomic E-state index is 10.5. The van der Waals surface area contributed by atoms with E-state index in [-0.39, 0.29) is 0 Å². The summed E-state index contributed by atoms with van der Waals surface area (Å²) in [5.74, 6) is 0.301. The molecule has 1 rings (SSSR count). The molecule has 0 aliphatic rings. The second kappa shape index (κ2) is 2.34. The van der Waals surface area contributed by atoms with E-state index >= 15 is 0 Å². The van der Waals surface area contributed by atoms with Crippen molar-refractivity contribution >= 4 is 11.9 Å². The Morgan fingerprint density at radius 1 is 1.80 bits per heavy atom. The largest absolute Gasteiger partial charge is 0.385 e. The number of H-pyrrole nitrogens is 1. The molecule has 1 aromatic heterocycles. The molecule has 0 atom stereocenters. The quantitative estimate of drug-likeness (QED) is 0.572. The Bertz CT molecular complexity index is 302. The van der Waals surface area contributed by atoms with Gasteiger partial charge in [-0.05, 0) is 0 Å². The van der Waals surface area contributed by atoms with Crippen LogP contribution >= 0.6 is 0 Å². The maximum Gasteiger partial charge on any atom is 0.346 e. The van der Waals surface area contributed by atoms with Crippen LogP contribution in [0.2, 0.25) is 0 Å². The van der Waals surface area contributed by atoms with Gasteiger partial charge in [0.25, 0.3) is 0 Å². The Labute approximate surface area is 57.4 Å². The van der Waals surface area contributed by atoms with Crippen LogP contribution in [0.4, 0.5) is 5.82 Å². The number of hydrogen-bond donors (Lipinski definition) is 2. The first kappa shape index (κ1) is 6.54. The second-order valence-electron chi connectivity index (χ2n) is 1.76. The first-order valence-corrected chi connectivity index (χ1v) is 2.71. The Hall–Kier alpha value is -1.58. The number of nitrogens with two attached hydrogens (primary N) is 1. The molecule has 4 nitrogen and oxygen atoms in total. The van der Waals surface area contributed by atoms with Gasteiger partial charge in [0, 0.05) is 11.8 Å². The number of nitrogens with zero attached hydrogens (tertiary/aromatic N) is 1. The number of nitrogens with one attached hydrogen (secondary N) is 1. The van der Waals surface area contributed by atoms with Gasteiger partial charge >= 0.3 is 5.69 Å². The molecule has 52 valence electrons. The lowest BCUT2D eigenvalue weighted by Crippen LogP contribution is -2.12. The highest BCUT2D eigenvalue weighted by molar-refractivity contribution is 5.57. The fourth-order valence-corrected chi connectivity index (χ4v) is 0.580. The molecule has 1 heterocycles. The van der Waals surface area contributed by atoms with Crippen LogP contribution in [0.3, 0.4) is 0 Å². The second-order valence-corrected chi connectivity index (χ2v) is 1.76. The van der Waals surface area contributed by atoms with Gasteiger partial charge in [0.05, 0.1) is 0 Å². The molecule has 1 aromatic rings. The number of aromatic nitrogens is 2. The van der Waals surface area contributed by atoms with Gasteiger partial charge in [0.1, 0.15) is 5.82 Å². The summed E-state index contributed by atoms with van der Waals surface area (Å²) in [5, 5.41) is 0. The maximum atomic E-state index is 10.5. The monoisotopic (exact) mass is 137 g/mol. The highest BCUT2D eigenvalue weighted by Gasteiger charge is 1.93. The summed E-state index contributed by atoms with van der Waals surface area (Å²) in [4.78, 5) is 16.3. The molecule has 0 spiro atoms. The number of aromatic amines is 1. The van der Waals surface area contributed by atoms with Crippen molar-refractivity contribution in [2.24, 2.45) is 0 Å². The molecule has 3 N–H and O–H groups in total. The molecule has 10 heavy (non-hydrogen) atoms. The number of nitrogen functional groups attached to an aromatic ring is 1. The van der Waals surface area contributed by atoms with Crippen molar-refractivity contribution in [1.82, 2.24) is 9.97 Å². The van der Waals surface area contributed by atoms with Gasteiger partial charge in [-0.1, -0.05) is 12.7 Å². The SMILES string of the molecule is C=Cc1cnc(=O)[nH]c1N. The zero-order chi connectivity index (χ0) is 7.56. The number of anilines is 1. The van der Waals surface area contributed by atoms with Gasteiger partial charge in [-0.15, -0.1) is 0 Å². The Morgan fingerprint density at radius 2 is 2.50 bits per heavy atom. The van der Waals surface area contributed by atoms with Crippen molar-refractivity contribution in [2.45, 2.75) is 0 Å². The van der Waals surface area contributed by atoms with Crippen LogP contribution in [0.15, 0.2) is 17.6 Å². The smallest absolute Gasteiger partial charge is 0.346 e. The molecule has 0 aliphatic heterocycles. The Morgan fingerprint density at radius 3 is 3.00 bits per heavy atom. The van der Waals surface area contributed by atoms with E-state index in [0.717, 1.165) is 0 Å². The van der Waals surface area contributed by atoms with Crippen LogP contribution in [-0.2, 0) is 0 Å². The van der Waals surface area contributed by atoms with Crippen molar-refractivity contribution in [3.8, 4) is 0 Å². The molecule has 0 saturated heterocycles. The molecule has 0 unspecified atom stereocenters. The zero-order valence-electron chi connectivity index (χ0n) is 5.29.